The second kappa shape index (κ2) is 9.89. The van der Waals surface area contributed by atoms with E-state index in [1.165, 1.54) is 38.4 Å². The maximum atomic E-state index is 13.0. The number of carbonyl (C=O) groups is 3. The molecule has 180 valence electrons. The SMILES string of the molecule is COc1cc(C(C)NC(=O)c2ccc3c(c2)C(=O)N(Cc2ccccc2)C3=O)cc(OC)c1OC. The molecule has 35 heavy (non-hydrogen) atoms. The first-order valence-electron chi connectivity index (χ1n) is 11.0. The van der Waals surface area contributed by atoms with Gasteiger partial charge in [-0.2, -0.15) is 0 Å². The van der Waals surface area contributed by atoms with Crippen molar-refractivity contribution in [3.8, 4) is 17.2 Å². The van der Waals surface area contributed by atoms with Crippen LogP contribution >= 0.6 is 0 Å². The molecule has 1 atom stereocenters. The van der Waals surface area contributed by atoms with Gasteiger partial charge in [0.1, 0.15) is 0 Å². The Balaban J connectivity index is 1.54. The van der Waals surface area contributed by atoms with Gasteiger partial charge in [-0.3, -0.25) is 19.3 Å². The van der Waals surface area contributed by atoms with E-state index >= 15 is 0 Å². The monoisotopic (exact) mass is 474 g/mol. The molecule has 3 amide bonds. The lowest BCUT2D eigenvalue weighted by atomic mass is 10.0. The Morgan fingerprint density at radius 3 is 2.09 bits per heavy atom. The summed E-state index contributed by atoms with van der Waals surface area (Å²) >= 11 is 0. The van der Waals surface area contributed by atoms with Gasteiger partial charge >= 0.3 is 0 Å². The van der Waals surface area contributed by atoms with Crippen LogP contribution in [-0.2, 0) is 6.54 Å². The number of hydrogen-bond acceptors (Lipinski definition) is 6. The van der Waals surface area contributed by atoms with E-state index in [1.54, 1.807) is 18.2 Å². The highest BCUT2D eigenvalue weighted by molar-refractivity contribution is 6.22. The van der Waals surface area contributed by atoms with Crippen molar-refractivity contribution in [2.75, 3.05) is 21.3 Å². The normalized spacial score (nSPS) is 13.3. The number of nitrogens with zero attached hydrogens (tertiary/aromatic N) is 1. The highest BCUT2D eigenvalue weighted by Crippen LogP contribution is 2.39. The van der Waals surface area contributed by atoms with Gasteiger partial charge in [-0.1, -0.05) is 30.3 Å². The molecule has 1 unspecified atom stereocenters. The highest BCUT2D eigenvalue weighted by atomic mass is 16.5. The fraction of sp³-hybridized carbons (Fsp3) is 0.222. The van der Waals surface area contributed by atoms with Crippen molar-refractivity contribution >= 4 is 17.7 Å². The quantitative estimate of drug-likeness (QED) is 0.496. The lowest BCUT2D eigenvalue weighted by Gasteiger charge is -2.19. The average Bonchev–Trinajstić information content (AvgIpc) is 3.12. The van der Waals surface area contributed by atoms with Gasteiger partial charge < -0.3 is 19.5 Å². The number of amides is 3. The summed E-state index contributed by atoms with van der Waals surface area (Å²) < 4.78 is 16.1. The zero-order valence-corrected chi connectivity index (χ0v) is 20.0. The first kappa shape index (κ1) is 23.8. The van der Waals surface area contributed by atoms with Gasteiger partial charge in [0.2, 0.25) is 5.75 Å². The summed E-state index contributed by atoms with van der Waals surface area (Å²) in [6.45, 7) is 2.00. The second-order valence-corrected chi connectivity index (χ2v) is 8.10. The number of imide groups is 1. The zero-order chi connectivity index (χ0) is 25.1. The molecule has 3 aromatic rings. The summed E-state index contributed by atoms with van der Waals surface area (Å²) in [5.74, 6) is 0.244. The first-order valence-corrected chi connectivity index (χ1v) is 11.0. The van der Waals surface area contributed by atoms with Crippen molar-refractivity contribution in [2.45, 2.75) is 19.5 Å². The van der Waals surface area contributed by atoms with Crippen LogP contribution in [0.2, 0.25) is 0 Å². The van der Waals surface area contributed by atoms with Crippen LogP contribution in [0.3, 0.4) is 0 Å². The first-order chi connectivity index (χ1) is 16.9. The van der Waals surface area contributed by atoms with Crippen LogP contribution in [0.15, 0.2) is 60.7 Å². The molecule has 1 aliphatic rings. The number of hydrogen-bond donors (Lipinski definition) is 1. The Morgan fingerprint density at radius 1 is 0.857 bits per heavy atom. The van der Waals surface area contributed by atoms with Crippen molar-refractivity contribution < 1.29 is 28.6 Å². The molecule has 0 fully saturated rings. The molecular formula is C27H26N2O6. The summed E-state index contributed by atoms with van der Waals surface area (Å²) in [6, 6.07) is 16.9. The van der Waals surface area contributed by atoms with Crippen molar-refractivity contribution in [1.82, 2.24) is 10.2 Å². The van der Waals surface area contributed by atoms with Gasteiger partial charge in [-0.25, -0.2) is 0 Å². The van der Waals surface area contributed by atoms with Crippen molar-refractivity contribution in [3.63, 3.8) is 0 Å². The molecular weight excluding hydrogens is 448 g/mol. The molecule has 0 saturated heterocycles. The van der Waals surface area contributed by atoms with Crippen LogP contribution in [-0.4, -0.2) is 44.0 Å². The fourth-order valence-corrected chi connectivity index (χ4v) is 4.06. The number of rotatable bonds is 8. The maximum Gasteiger partial charge on any atom is 0.261 e. The minimum atomic E-state index is -0.416. The summed E-state index contributed by atoms with van der Waals surface area (Å²) in [6.07, 6.45) is 0. The number of fused-ring (bicyclic) bond motifs is 1. The van der Waals surface area contributed by atoms with Crippen molar-refractivity contribution in [3.05, 3.63) is 88.5 Å². The molecule has 1 heterocycles. The Kier molecular flexibility index (Phi) is 6.73. The Hall–Kier alpha value is -4.33. The van der Waals surface area contributed by atoms with Crippen LogP contribution in [0.4, 0.5) is 0 Å². The van der Waals surface area contributed by atoms with E-state index in [0.29, 0.717) is 22.8 Å². The molecule has 0 saturated carbocycles. The smallest absolute Gasteiger partial charge is 0.261 e. The topological polar surface area (TPSA) is 94.2 Å². The molecule has 8 nitrogen and oxygen atoms in total. The number of methoxy groups -OCH3 is 3. The Morgan fingerprint density at radius 2 is 1.49 bits per heavy atom. The van der Waals surface area contributed by atoms with Crippen LogP contribution < -0.4 is 19.5 Å². The van der Waals surface area contributed by atoms with Gasteiger partial charge in [0.25, 0.3) is 17.7 Å². The molecule has 1 aliphatic heterocycles. The molecule has 0 spiro atoms. The van der Waals surface area contributed by atoms with Gasteiger partial charge in [0.05, 0.1) is 45.0 Å². The highest BCUT2D eigenvalue weighted by Gasteiger charge is 2.36. The summed E-state index contributed by atoms with van der Waals surface area (Å²) in [4.78, 5) is 40.0. The lowest BCUT2D eigenvalue weighted by Crippen LogP contribution is -2.29. The molecule has 4 rings (SSSR count). The largest absolute Gasteiger partial charge is 0.493 e. The molecule has 8 heteroatoms. The standard InChI is InChI=1S/C27H26N2O6/c1-16(19-13-22(33-2)24(35-4)23(14-19)34-3)28-25(30)18-10-11-20-21(12-18)27(32)29(26(20)31)15-17-8-6-5-7-9-17/h5-14,16H,15H2,1-4H3,(H,28,30). The lowest BCUT2D eigenvalue weighted by molar-refractivity contribution is 0.0642. The number of nitrogens with one attached hydrogen (secondary N) is 1. The van der Waals surface area contributed by atoms with E-state index in [-0.39, 0.29) is 29.5 Å². The number of carbonyl (C=O) groups excluding carboxylic acids is 3. The van der Waals surface area contributed by atoms with Gasteiger partial charge in [0.15, 0.2) is 11.5 Å². The van der Waals surface area contributed by atoms with E-state index in [2.05, 4.69) is 5.32 Å². The van der Waals surface area contributed by atoms with E-state index in [1.807, 2.05) is 37.3 Å². The zero-order valence-electron chi connectivity index (χ0n) is 20.0. The minimum Gasteiger partial charge on any atom is -0.493 e. The third kappa shape index (κ3) is 4.55. The molecule has 1 N–H and O–H groups in total. The molecule has 0 aromatic heterocycles. The summed E-state index contributed by atoms with van der Waals surface area (Å²) in [5, 5.41) is 2.92. The van der Waals surface area contributed by atoms with Crippen LogP contribution in [0, 0.1) is 0 Å². The van der Waals surface area contributed by atoms with Crippen LogP contribution in [0.25, 0.3) is 0 Å². The van der Waals surface area contributed by atoms with Crippen molar-refractivity contribution in [1.29, 1.82) is 0 Å². The molecule has 3 aromatic carbocycles. The molecule has 0 aliphatic carbocycles. The average molecular weight is 475 g/mol. The molecule has 0 radical (unpaired) electrons. The molecule has 0 bridgehead atoms. The van der Waals surface area contributed by atoms with Gasteiger partial charge in [0, 0.05) is 5.56 Å². The summed E-state index contributed by atoms with van der Waals surface area (Å²) in [5.41, 5.74) is 2.39. The van der Waals surface area contributed by atoms with E-state index < -0.39 is 11.9 Å². The van der Waals surface area contributed by atoms with Gasteiger partial charge in [-0.15, -0.1) is 0 Å². The predicted molar refractivity (Wildman–Crippen MR) is 129 cm³/mol. The van der Waals surface area contributed by atoms with Crippen molar-refractivity contribution in [2.24, 2.45) is 0 Å². The van der Waals surface area contributed by atoms with Gasteiger partial charge in [-0.05, 0) is 48.4 Å². The number of ether oxygens (including phenoxy) is 3. The summed E-state index contributed by atoms with van der Waals surface area (Å²) in [7, 11) is 4.56. The second-order valence-electron chi connectivity index (χ2n) is 8.10. The Labute approximate surface area is 203 Å². The third-order valence-electron chi connectivity index (χ3n) is 5.95. The van der Waals surface area contributed by atoms with E-state index in [0.717, 1.165) is 11.1 Å². The van der Waals surface area contributed by atoms with Crippen LogP contribution in [0.1, 0.15) is 55.2 Å². The Bertz CT molecular complexity index is 1260. The van der Waals surface area contributed by atoms with Crippen LogP contribution in [0.5, 0.6) is 17.2 Å². The van der Waals surface area contributed by atoms with E-state index in [9.17, 15) is 14.4 Å². The third-order valence-corrected chi connectivity index (χ3v) is 5.95. The minimum absolute atomic E-state index is 0.173. The van der Waals surface area contributed by atoms with E-state index in [4.69, 9.17) is 14.2 Å². The predicted octanol–water partition coefficient (Wildman–Crippen LogP) is 4.00. The number of benzene rings is 3. The maximum absolute atomic E-state index is 13.0. The fourth-order valence-electron chi connectivity index (χ4n) is 4.06.